The highest BCUT2D eigenvalue weighted by Crippen LogP contribution is 2.17. The Morgan fingerprint density at radius 1 is 0.714 bits per heavy atom. The molecule has 128 valence electrons. The molecule has 0 radical (unpaired) electrons. The summed E-state index contributed by atoms with van der Waals surface area (Å²) in [7, 11) is 0. The maximum atomic E-state index is 10.00. The predicted molar refractivity (Wildman–Crippen MR) is 91.4 cm³/mol. The average Bonchev–Trinajstić information content (AvgIpc) is 2.48. The van der Waals surface area contributed by atoms with Crippen LogP contribution in [0.4, 0.5) is 0 Å². The summed E-state index contributed by atoms with van der Waals surface area (Å²) in [4.78, 5) is 0. The SMILES string of the molecule is CCCCC[N+](CCCCC)(CCCCC)CC(O)CO. The molecule has 1 unspecified atom stereocenters. The minimum absolute atomic E-state index is 0.102. The largest absolute Gasteiger partial charge is 0.393 e. The summed E-state index contributed by atoms with van der Waals surface area (Å²) in [6.45, 7) is 10.8. The van der Waals surface area contributed by atoms with Crippen molar-refractivity contribution in [3.63, 3.8) is 0 Å². The normalized spacial score (nSPS) is 13.6. The molecule has 21 heavy (non-hydrogen) atoms. The molecule has 2 N–H and O–H groups in total. The van der Waals surface area contributed by atoms with Gasteiger partial charge in [0, 0.05) is 0 Å². The third-order valence-electron chi connectivity index (χ3n) is 4.52. The molecule has 0 saturated carbocycles. The lowest BCUT2D eigenvalue weighted by Crippen LogP contribution is -2.54. The summed E-state index contributed by atoms with van der Waals surface area (Å²) >= 11 is 0. The molecule has 0 heterocycles. The van der Waals surface area contributed by atoms with E-state index in [0.717, 1.165) is 11.0 Å². The molecule has 0 amide bonds. The molecule has 0 spiro atoms. The molecular weight excluding hydrogens is 262 g/mol. The standard InChI is InChI=1S/C18H40NO2/c1-4-7-10-13-19(14-11-8-5-2,15-12-9-6-3)16-18(21)17-20/h18,20-21H,4-17H2,1-3H3/q+1. The zero-order valence-corrected chi connectivity index (χ0v) is 14.8. The van der Waals surface area contributed by atoms with E-state index in [1.807, 2.05) is 0 Å². The maximum absolute atomic E-state index is 10.00. The first-order valence-electron chi connectivity index (χ1n) is 9.28. The summed E-state index contributed by atoms with van der Waals surface area (Å²) < 4.78 is 1.02. The fourth-order valence-electron chi connectivity index (χ4n) is 3.21. The van der Waals surface area contributed by atoms with E-state index < -0.39 is 6.10 Å². The van der Waals surface area contributed by atoms with Gasteiger partial charge in [0.15, 0.2) is 0 Å². The Hall–Kier alpha value is -0.120. The molecule has 0 rings (SSSR count). The molecule has 0 bridgehead atoms. The summed E-state index contributed by atoms with van der Waals surface area (Å²) in [5.41, 5.74) is 0. The van der Waals surface area contributed by atoms with Gasteiger partial charge in [-0.05, 0) is 38.5 Å². The van der Waals surface area contributed by atoms with Crippen molar-refractivity contribution < 1.29 is 14.7 Å². The van der Waals surface area contributed by atoms with Crippen LogP contribution in [-0.2, 0) is 0 Å². The molecule has 0 aromatic heterocycles. The van der Waals surface area contributed by atoms with Crippen LogP contribution < -0.4 is 0 Å². The Morgan fingerprint density at radius 3 is 1.38 bits per heavy atom. The van der Waals surface area contributed by atoms with Crippen LogP contribution in [-0.4, -0.2) is 53.6 Å². The number of rotatable bonds is 15. The van der Waals surface area contributed by atoms with Gasteiger partial charge in [0.2, 0.25) is 0 Å². The van der Waals surface area contributed by atoms with E-state index in [2.05, 4.69) is 20.8 Å². The number of aliphatic hydroxyl groups is 2. The summed E-state index contributed by atoms with van der Waals surface area (Å²) in [5.74, 6) is 0. The van der Waals surface area contributed by atoms with E-state index in [4.69, 9.17) is 0 Å². The second kappa shape index (κ2) is 13.5. The fraction of sp³-hybridized carbons (Fsp3) is 1.00. The van der Waals surface area contributed by atoms with Crippen molar-refractivity contribution in [1.82, 2.24) is 0 Å². The van der Waals surface area contributed by atoms with Crippen LogP contribution in [0.2, 0.25) is 0 Å². The number of nitrogens with zero attached hydrogens (tertiary/aromatic N) is 1. The average molecular weight is 303 g/mol. The molecule has 0 aliphatic carbocycles. The molecule has 3 nitrogen and oxygen atoms in total. The van der Waals surface area contributed by atoms with E-state index in [-0.39, 0.29) is 6.61 Å². The third kappa shape index (κ3) is 10.3. The number of unbranched alkanes of at least 4 members (excludes halogenated alkanes) is 6. The van der Waals surface area contributed by atoms with Crippen molar-refractivity contribution in [3.05, 3.63) is 0 Å². The predicted octanol–water partition coefficient (Wildman–Crippen LogP) is 3.73. The highest BCUT2D eigenvalue weighted by molar-refractivity contribution is 4.57. The van der Waals surface area contributed by atoms with Crippen LogP contribution >= 0.6 is 0 Å². The van der Waals surface area contributed by atoms with E-state index >= 15 is 0 Å². The monoisotopic (exact) mass is 302 g/mol. The van der Waals surface area contributed by atoms with Crippen molar-refractivity contribution in [2.75, 3.05) is 32.8 Å². The first kappa shape index (κ1) is 20.9. The van der Waals surface area contributed by atoms with E-state index in [0.29, 0.717) is 0 Å². The molecule has 1 atom stereocenters. The van der Waals surface area contributed by atoms with Gasteiger partial charge >= 0.3 is 0 Å². The molecular formula is C18H40NO2+. The smallest absolute Gasteiger partial charge is 0.126 e. The quantitative estimate of drug-likeness (QED) is 0.357. The number of hydrogen-bond acceptors (Lipinski definition) is 2. The number of quaternary nitrogens is 1. The first-order chi connectivity index (χ1) is 10.1. The lowest BCUT2D eigenvalue weighted by molar-refractivity contribution is -0.931. The number of hydrogen-bond donors (Lipinski definition) is 2. The van der Waals surface area contributed by atoms with Gasteiger partial charge in [-0.2, -0.15) is 0 Å². The Morgan fingerprint density at radius 2 is 1.10 bits per heavy atom. The van der Waals surface area contributed by atoms with Crippen molar-refractivity contribution >= 4 is 0 Å². The van der Waals surface area contributed by atoms with Crippen LogP contribution in [0.3, 0.4) is 0 Å². The minimum atomic E-state index is -0.560. The van der Waals surface area contributed by atoms with Crippen LogP contribution in [0, 0.1) is 0 Å². The molecule has 0 aliphatic rings. The summed E-state index contributed by atoms with van der Waals surface area (Å²) in [6.07, 6.45) is 10.7. The van der Waals surface area contributed by atoms with Crippen LogP contribution in [0.5, 0.6) is 0 Å². The zero-order valence-electron chi connectivity index (χ0n) is 14.8. The van der Waals surface area contributed by atoms with E-state index in [1.54, 1.807) is 0 Å². The Balaban J connectivity index is 4.69. The zero-order chi connectivity index (χ0) is 16.0. The van der Waals surface area contributed by atoms with Gasteiger partial charge in [0.1, 0.15) is 12.6 Å². The number of aliphatic hydroxyl groups excluding tert-OH is 2. The first-order valence-corrected chi connectivity index (χ1v) is 9.28. The Kier molecular flexibility index (Phi) is 13.5. The Bertz CT molecular complexity index is 195. The molecule has 0 aliphatic heterocycles. The van der Waals surface area contributed by atoms with Crippen molar-refractivity contribution in [2.24, 2.45) is 0 Å². The van der Waals surface area contributed by atoms with Crippen LogP contribution in [0.15, 0.2) is 0 Å². The van der Waals surface area contributed by atoms with Gasteiger partial charge in [-0.3, -0.25) is 0 Å². The van der Waals surface area contributed by atoms with Gasteiger partial charge in [-0.15, -0.1) is 0 Å². The summed E-state index contributed by atoms with van der Waals surface area (Å²) in [5, 5.41) is 19.3. The summed E-state index contributed by atoms with van der Waals surface area (Å²) in [6, 6.07) is 0. The maximum Gasteiger partial charge on any atom is 0.126 e. The highest BCUT2D eigenvalue weighted by Gasteiger charge is 2.28. The molecule has 3 heteroatoms. The van der Waals surface area contributed by atoms with Crippen molar-refractivity contribution in [1.29, 1.82) is 0 Å². The van der Waals surface area contributed by atoms with Gasteiger partial charge in [-0.1, -0.05) is 40.0 Å². The lowest BCUT2D eigenvalue weighted by Gasteiger charge is -2.40. The third-order valence-corrected chi connectivity index (χ3v) is 4.52. The van der Waals surface area contributed by atoms with Crippen LogP contribution in [0.25, 0.3) is 0 Å². The molecule has 0 aromatic carbocycles. The van der Waals surface area contributed by atoms with Crippen molar-refractivity contribution in [2.45, 2.75) is 84.7 Å². The lowest BCUT2D eigenvalue weighted by atomic mass is 10.1. The van der Waals surface area contributed by atoms with Gasteiger partial charge < -0.3 is 14.7 Å². The van der Waals surface area contributed by atoms with Crippen molar-refractivity contribution in [3.8, 4) is 0 Å². The topological polar surface area (TPSA) is 40.5 Å². The Labute approximate surface area is 133 Å². The van der Waals surface area contributed by atoms with Gasteiger partial charge in [-0.25, -0.2) is 0 Å². The van der Waals surface area contributed by atoms with E-state index in [9.17, 15) is 10.2 Å². The second-order valence-corrected chi connectivity index (χ2v) is 6.65. The molecule has 0 fully saturated rings. The van der Waals surface area contributed by atoms with Crippen LogP contribution in [0.1, 0.15) is 78.6 Å². The molecule has 0 aromatic rings. The van der Waals surface area contributed by atoms with Gasteiger partial charge in [0.05, 0.1) is 26.2 Å². The van der Waals surface area contributed by atoms with E-state index in [1.165, 1.54) is 77.4 Å². The molecule has 0 saturated heterocycles. The highest BCUT2D eigenvalue weighted by atomic mass is 16.3. The minimum Gasteiger partial charge on any atom is -0.393 e. The second-order valence-electron chi connectivity index (χ2n) is 6.65. The van der Waals surface area contributed by atoms with Gasteiger partial charge in [0.25, 0.3) is 0 Å². The fourth-order valence-corrected chi connectivity index (χ4v) is 3.21.